The van der Waals surface area contributed by atoms with Crippen LogP contribution in [0.2, 0.25) is 0 Å². The average Bonchev–Trinajstić information content (AvgIpc) is 2.94. The Bertz CT molecular complexity index is 506. The molecule has 2 aliphatic rings. The largest absolute Gasteiger partial charge is 0.447 e. The molecule has 0 aromatic heterocycles. The lowest BCUT2D eigenvalue weighted by Crippen LogP contribution is -2.37. The zero-order valence-corrected chi connectivity index (χ0v) is 12.4. The van der Waals surface area contributed by atoms with Gasteiger partial charge >= 0.3 is 6.09 Å². The van der Waals surface area contributed by atoms with Crippen LogP contribution >= 0.6 is 0 Å². The highest BCUT2D eigenvalue weighted by molar-refractivity contribution is 5.89. The smallest absolute Gasteiger partial charge is 0.414 e. The Morgan fingerprint density at radius 3 is 2.95 bits per heavy atom. The van der Waals surface area contributed by atoms with E-state index in [1.807, 2.05) is 24.3 Å². The first kappa shape index (κ1) is 14.2. The van der Waals surface area contributed by atoms with Gasteiger partial charge in [0.2, 0.25) is 0 Å². The van der Waals surface area contributed by atoms with E-state index in [0.29, 0.717) is 19.2 Å². The van der Waals surface area contributed by atoms with E-state index < -0.39 is 0 Å². The van der Waals surface area contributed by atoms with Crippen molar-refractivity contribution in [2.24, 2.45) is 0 Å². The van der Waals surface area contributed by atoms with Crippen molar-refractivity contribution in [1.29, 1.82) is 0 Å². The lowest BCUT2D eigenvalue weighted by Gasteiger charge is -2.32. The number of methoxy groups -OCH3 is 1. The van der Waals surface area contributed by atoms with Crippen molar-refractivity contribution in [3.8, 4) is 0 Å². The van der Waals surface area contributed by atoms with Crippen molar-refractivity contribution in [1.82, 2.24) is 0 Å². The summed E-state index contributed by atoms with van der Waals surface area (Å²) in [6, 6.07) is 8.28. The molecule has 1 aromatic carbocycles. The lowest BCUT2D eigenvalue weighted by atomic mass is 9.92. The normalized spacial score (nSPS) is 25.8. The van der Waals surface area contributed by atoms with Crippen molar-refractivity contribution < 1.29 is 14.3 Å². The van der Waals surface area contributed by atoms with Crippen LogP contribution in [0.15, 0.2) is 24.3 Å². The number of hydrogen-bond donors (Lipinski definition) is 1. The molecule has 3 rings (SSSR count). The van der Waals surface area contributed by atoms with Crippen LogP contribution in [-0.4, -0.2) is 38.5 Å². The highest BCUT2D eigenvalue weighted by Crippen LogP contribution is 2.27. The fourth-order valence-electron chi connectivity index (χ4n) is 3.15. The van der Waals surface area contributed by atoms with Gasteiger partial charge in [-0.3, -0.25) is 4.90 Å². The van der Waals surface area contributed by atoms with Gasteiger partial charge in [0.25, 0.3) is 0 Å². The number of nitrogens with zero attached hydrogens (tertiary/aromatic N) is 1. The van der Waals surface area contributed by atoms with Crippen LogP contribution in [0.1, 0.15) is 25.7 Å². The number of benzene rings is 1. The fourth-order valence-corrected chi connectivity index (χ4v) is 3.15. The number of anilines is 2. The first-order valence-electron chi connectivity index (χ1n) is 7.61. The summed E-state index contributed by atoms with van der Waals surface area (Å²) in [4.78, 5) is 13.3. The van der Waals surface area contributed by atoms with E-state index in [2.05, 4.69) is 5.32 Å². The Labute approximate surface area is 125 Å². The van der Waals surface area contributed by atoms with Gasteiger partial charge in [-0.25, -0.2) is 4.79 Å². The van der Waals surface area contributed by atoms with Crippen LogP contribution in [-0.2, 0) is 9.47 Å². The average molecular weight is 290 g/mol. The number of cyclic esters (lactones) is 1. The number of ether oxygens (including phenoxy) is 2. The molecule has 21 heavy (non-hydrogen) atoms. The highest BCUT2D eigenvalue weighted by Gasteiger charge is 2.26. The van der Waals surface area contributed by atoms with Gasteiger partial charge in [-0.1, -0.05) is 18.9 Å². The van der Waals surface area contributed by atoms with E-state index in [4.69, 9.17) is 9.47 Å². The molecule has 1 aliphatic carbocycles. The van der Waals surface area contributed by atoms with Crippen molar-refractivity contribution in [3.63, 3.8) is 0 Å². The minimum atomic E-state index is -0.264. The van der Waals surface area contributed by atoms with E-state index in [9.17, 15) is 4.79 Å². The molecular weight excluding hydrogens is 268 g/mol. The van der Waals surface area contributed by atoms with Gasteiger partial charge in [0.05, 0.1) is 18.7 Å². The molecule has 1 saturated heterocycles. The monoisotopic (exact) mass is 290 g/mol. The molecule has 0 radical (unpaired) electrons. The molecule has 1 amide bonds. The molecule has 1 heterocycles. The third kappa shape index (κ3) is 3.13. The van der Waals surface area contributed by atoms with Crippen molar-refractivity contribution in [2.45, 2.75) is 37.8 Å². The molecule has 0 bridgehead atoms. The molecule has 1 aliphatic heterocycles. The zero-order chi connectivity index (χ0) is 14.7. The summed E-state index contributed by atoms with van der Waals surface area (Å²) in [6.07, 6.45) is 4.69. The second kappa shape index (κ2) is 6.35. The van der Waals surface area contributed by atoms with Crippen LogP contribution in [0.5, 0.6) is 0 Å². The van der Waals surface area contributed by atoms with E-state index in [1.54, 1.807) is 12.0 Å². The van der Waals surface area contributed by atoms with Gasteiger partial charge in [-0.15, -0.1) is 0 Å². The minimum Gasteiger partial charge on any atom is -0.447 e. The number of rotatable bonds is 4. The summed E-state index contributed by atoms with van der Waals surface area (Å²) in [5.41, 5.74) is 1.91. The SMILES string of the molecule is COC1CCCCC1Nc1cccc(N2CCOC2=O)c1. The van der Waals surface area contributed by atoms with E-state index in [-0.39, 0.29) is 12.2 Å². The van der Waals surface area contributed by atoms with Gasteiger partial charge in [0.15, 0.2) is 0 Å². The third-order valence-corrected chi connectivity index (χ3v) is 4.28. The number of amides is 1. The summed E-state index contributed by atoms with van der Waals surface area (Å²) in [5.74, 6) is 0. The number of hydrogen-bond acceptors (Lipinski definition) is 4. The molecule has 1 N–H and O–H groups in total. The van der Waals surface area contributed by atoms with Gasteiger partial charge < -0.3 is 14.8 Å². The summed E-state index contributed by atoms with van der Waals surface area (Å²) in [6.45, 7) is 1.08. The maximum absolute atomic E-state index is 11.6. The molecule has 1 aromatic rings. The Balaban J connectivity index is 1.72. The topological polar surface area (TPSA) is 50.8 Å². The van der Waals surface area contributed by atoms with Crippen molar-refractivity contribution >= 4 is 17.5 Å². The van der Waals surface area contributed by atoms with Crippen molar-refractivity contribution in [3.05, 3.63) is 24.3 Å². The Morgan fingerprint density at radius 1 is 1.33 bits per heavy atom. The van der Waals surface area contributed by atoms with Crippen LogP contribution in [0.4, 0.5) is 16.2 Å². The number of carbonyl (C=O) groups excluding carboxylic acids is 1. The highest BCUT2D eigenvalue weighted by atomic mass is 16.6. The molecule has 2 unspecified atom stereocenters. The van der Waals surface area contributed by atoms with Crippen LogP contribution < -0.4 is 10.2 Å². The molecule has 1 saturated carbocycles. The maximum Gasteiger partial charge on any atom is 0.414 e. The van der Waals surface area contributed by atoms with Crippen LogP contribution in [0, 0.1) is 0 Å². The molecule has 5 heteroatoms. The van der Waals surface area contributed by atoms with Crippen LogP contribution in [0.3, 0.4) is 0 Å². The molecular formula is C16H22N2O3. The van der Waals surface area contributed by atoms with Gasteiger partial charge in [-0.2, -0.15) is 0 Å². The zero-order valence-electron chi connectivity index (χ0n) is 12.4. The Morgan fingerprint density at radius 2 is 2.19 bits per heavy atom. The van der Waals surface area contributed by atoms with Gasteiger partial charge in [0, 0.05) is 18.5 Å². The summed E-state index contributed by atoms with van der Waals surface area (Å²) in [5, 5.41) is 3.56. The van der Waals surface area contributed by atoms with E-state index in [0.717, 1.165) is 24.2 Å². The Kier molecular flexibility index (Phi) is 4.29. The summed E-state index contributed by atoms with van der Waals surface area (Å²) in [7, 11) is 1.78. The van der Waals surface area contributed by atoms with Crippen LogP contribution in [0.25, 0.3) is 0 Å². The maximum atomic E-state index is 11.6. The van der Waals surface area contributed by atoms with Crippen molar-refractivity contribution in [2.75, 3.05) is 30.5 Å². The second-order valence-electron chi connectivity index (χ2n) is 5.63. The molecule has 2 fully saturated rings. The third-order valence-electron chi connectivity index (χ3n) is 4.28. The predicted molar refractivity (Wildman–Crippen MR) is 81.8 cm³/mol. The number of carbonyl (C=O) groups is 1. The standard InChI is InChI=1S/C16H22N2O3/c1-20-15-8-3-2-7-14(15)17-12-5-4-6-13(11-12)18-9-10-21-16(18)19/h4-6,11,14-15,17H,2-3,7-10H2,1H3. The molecule has 0 spiro atoms. The minimum absolute atomic E-state index is 0.263. The molecule has 114 valence electrons. The predicted octanol–water partition coefficient (Wildman–Crippen LogP) is 3.01. The van der Waals surface area contributed by atoms with Gasteiger partial charge in [-0.05, 0) is 31.0 Å². The number of nitrogens with one attached hydrogen (secondary N) is 1. The van der Waals surface area contributed by atoms with E-state index in [1.165, 1.54) is 12.8 Å². The molecule has 5 nitrogen and oxygen atoms in total. The second-order valence-corrected chi connectivity index (χ2v) is 5.63. The molecule has 2 atom stereocenters. The first-order chi connectivity index (χ1) is 10.3. The summed E-state index contributed by atoms with van der Waals surface area (Å²) >= 11 is 0. The lowest BCUT2D eigenvalue weighted by molar-refractivity contribution is 0.0606. The summed E-state index contributed by atoms with van der Waals surface area (Å²) < 4.78 is 10.6. The first-order valence-corrected chi connectivity index (χ1v) is 7.61. The van der Waals surface area contributed by atoms with Gasteiger partial charge in [0.1, 0.15) is 6.61 Å². The Hall–Kier alpha value is -1.75. The van der Waals surface area contributed by atoms with E-state index >= 15 is 0 Å². The quantitative estimate of drug-likeness (QED) is 0.926. The fraction of sp³-hybridized carbons (Fsp3) is 0.562.